The van der Waals surface area contributed by atoms with Gasteiger partial charge < -0.3 is 15.4 Å². The summed E-state index contributed by atoms with van der Waals surface area (Å²) < 4.78 is 6.44. The van der Waals surface area contributed by atoms with Gasteiger partial charge in [0.15, 0.2) is 0 Å². The van der Waals surface area contributed by atoms with E-state index in [-0.39, 0.29) is 24.8 Å². The number of benzene rings is 2. The van der Waals surface area contributed by atoms with Crippen LogP contribution in [0.4, 0.5) is 5.69 Å². The molecule has 27 heavy (non-hydrogen) atoms. The molecule has 2 rings (SSSR count). The number of nitrogens with zero attached hydrogens (tertiary/aromatic N) is 1. The van der Waals surface area contributed by atoms with Crippen molar-refractivity contribution in [3.05, 3.63) is 58.6 Å². The molecule has 7 heteroatoms. The van der Waals surface area contributed by atoms with Crippen molar-refractivity contribution in [2.24, 2.45) is 0 Å². The molecule has 0 spiro atoms. The quantitative estimate of drug-likeness (QED) is 0.591. The summed E-state index contributed by atoms with van der Waals surface area (Å²) in [6.07, 6.45) is 1.27. The van der Waals surface area contributed by atoms with Crippen LogP contribution in [-0.2, 0) is 4.79 Å². The van der Waals surface area contributed by atoms with E-state index in [9.17, 15) is 9.59 Å². The second kappa shape index (κ2) is 11.0. The second-order valence-corrected chi connectivity index (χ2v) is 6.61. The van der Waals surface area contributed by atoms with Crippen LogP contribution in [0.2, 0.25) is 0 Å². The molecule has 0 radical (unpaired) electrons. The number of ether oxygens (including phenoxy) is 1. The Kier molecular flexibility index (Phi) is 8.33. The smallest absolute Gasteiger partial charge is 0.251 e. The molecular formula is C20H20BrN3O3. The topological polar surface area (TPSA) is 91.2 Å². The van der Waals surface area contributed by atoms with Crippen LogP contribution in [0.5, 0.6) is 5.75 Å². The number of anilines is 1. The minimum absolute atomic E-state index is 0.162. The summed E-state index contributed by atoms with van der Waals surface area (Å²) in [5.74, 6) is 0.213. The fourth-order valence-corrected chi connectivity index (χ4v) is 2.49. The fourth-order valence-electron chi connectivity index (χ4n) is 2.22. The van der Waals surface area contributed by atoms with Crippen LogP contribution >= 0.6 is 15.9 Å². The molecule has 2 N–H and O–H groups in total. The van der Waals surface area contributed by atoms with Crippen molar-refractivity contribution in [3.8, 4) is 11.8 Å². The van der Waals surface area contributed by atoms with Gasteiger partial charge in [0, 0.05) is 41.2 Å². The average Bonchev–Trinajstić information content (AvgIpc) is 2.66. The number of amides is 2. The number of nitrogens with one attached hydrogen (secondary N) is 2. The number of hydrogen-bond donors (Lipinski definition) is 2. The molecule has 2 aromatic carbocycles. The maximum Gasteiger partial charge on any atom is 0.251 e. The third-order valence-electron chi connectivity index (χ3n) is 3.56. The molecule has 2 amide bonds. The van der Waals surface area contributed by atoms with Gasteiger partial charge in [-0.25, -0.2) is 0 Å². The molecule has 0 saturated carbocycles. The Morgan fingerprint density at radius 2 is 1.93 bits per heavy atom. The molecule has 0 bridgehead atoms. The van der Waals surface area contributed by atoms with E-state index in [1.54, 1.807) is 48.5 Å². The zero-order chi connectivity index (χ0) is 19.5. The van der Waals surface area contributed by atoms with Crippen LogP contribution in [0, 0.1) is 11.3 Å². The highest BCUT2D eigenvalue weighted by atomic mass is 79.9. The third-order valence-corrected chi connectivity index (χ3v) is 4.09. The molecule has 0 aromatic heterocycles. The van der Waals surface area contributed by atoms with Crippen LogP contribution in [0.15, 0.2) is 53.0 Å². The largest absolute Gasteiger partial charge is 0.493 e. The van der Waals surface area contributed by atoms with E-state index in [0.717, 1.165) is 4.47 Å². The van der Waals surface area contributed by atoms with Crippen molar-refractivity contribution >= 4 is 33.4 Å². The van der Waals surface area contributed by atoms with Gasteiger partial charge in [-0.15, -0.1) is 0 Å². The molecule has 0 unspecified atom stereocenters. The lowest BCUT2D eigenvalue weighted by atomic mass is 10.2. The van der Waals surface area contributed by atoms with E-state index in [1.165, 1.54) is 0 Å². The summed E-state index contributed by atoms with van der Waals surface area (Å²) in [6.45, 7) is 0.693. The Morgan fingerprint density at radius 1 is 1.15 bits per heavy atom. The van der Waals surface area contributed by atoms with Gasteiger partial charge in [0.05, 0.1) is 12.7 Å². The second-order valence-electron chi connectivity index (χ2n) is 5.70. The normalized spacial score (nSPS) is 9.93. The molecule has 0 aliphatic heterocycles. The summed E-state index contributed by atoms with van der Waals surface area (Å²) in [6, 6.07) is 16.1. The summed E-state index contributed by atoms with van der Waals surface area (Å²) in [4.78, 5) is 24.0. The number of nitriles is 1. The Hall–Kier alpha value is -2.85. The zero-order valence-corrected chi connectivity index (χ0v) is 16.3. The Bertz CT molecular complexity index is 816. The molecule has 6 nitrogen and oxygen atoms in total. The van der Waals surface area contributed by atoms with E-state index < -0.39 is 0 Å². The summed E-state index contributed by atoms with van der Waals surface area (Å²) in [7, 11) is 0. The maximum atomic E-state index is 12.0. The Labute approximate surface area is 166 Å². The first-order valence-electron chi connectivity index (χ1n) is 8.52. The number of hydrogen-bond acceptors (Lipinski definition) is 4. The molecule has 2 aromatic rings. The predicted octanol–water partition coefficient (Wildman–Crippen LogP) is 3.89. The SMILES string of the molecule is N#CCCCOc1cccc(NC(=O)CCNC(=O)c2ccc(Br)cc2)c1. The van der Waals surface area contributed by atoms with Gasteiger partial charge in [-0.2, -0.15) is 5.26 Å². The summed E-state index contributed by atoms with van der Waals surface area (Å²) in [5, 5.41) is 14.0. The standard InChI is InChI=1S/C20H20BrN3O3/c21-16-8-6-15(7-9-16)20(26)23-12-10-19(25)24-17-4-3-5-18(14-17)27-13-2-1-11-22/h3-9,14H,1-2,10,12-13H2,(H,23,26)(H,24,25). The third kappa shape index (κ3) is 7.50. The Morgan fingerprint density at radius 3 is 2.67 bits per heavy atom. The number of halogens is 1. The van der Waals surface area contributed by atoms with Gasteiger partial charge >= 0.3 is 0 Å². The minimum atomic E-state index is -0.219. The fraction of sp³-hybridized carbons (Fsp3) is 0.250. The van der Waals surface area contributed by atoms with Crippen LogP contribution in [0.25, 0.3) is 0 Å². The van der Waals surface area contributed by atoms with E-state index in [0.29, 0.717) is 36.4 Å². The van der Waals surface area contributed by atoms with Crippen molar-refractivity contribution in [2.45, 2.75) is 19.3 Å². The summed E-state index contributed by atoms with van der Waals surface area (Å²) in [5.41, 5.74) is 1.16. The van der Waals surface area contributed by atoms with Crippen LogP contribution in [-0.4, -0.2) is 25.0 Å². The highest BCUT2D eigenvalue weighted by molar-refractivity contribution is 9.10. The van der Waals surface area contributed by atoms with E-state index >= 15 is 0 Å². The van der Waals surface area contributed by atoms with Gasteiger partial charge in [-0.05, 0) is 42.8 Å². The number of carbonyl (C=O) groups is 2. The van der Waals surface area contributed by atoms with Crippen molar-refractivity contribution in [2.75, 3.05) is 18.5 Å². The predicted molar refractivity (Wildman–Crippen MR) is 107 cm³/mol. The van der Waals surface area contributed by atoms with Crippen molar-refractivity contribution in [3.63, 3.8) is 0 Å². The lowest BCUT2D eigenvalue weighted by Crippen LogP contribution is -2.27. The van der Waals surface area contributed by atoms with Gasteiger partial charge in [-0.3, -0.25) is 9.59 Å². The van der Waals surface area contributed by atoms with Crippen molar-refractivity contribution in [1.82, 2.24) is 5.32 Å². The molecule has 140 valence electrons. The van der Waals surface area contributed by atoms with Gasteiger partial charge in [-0.1, -0.05) is 22.0 Å². The highest BCUT2D eigenvalue weighted by Gasteiger charge is 2.07. The van der Waals surface area contributed by atoms with E-state index in [2.05, 4.69) is 32.6 Å². The monoisotopic (exact) mass is 429 g/mol. The maximum absolute atomic E-state index is 12.0. The van der Waals surface area contributed by atoms with Crippen LogP contribution in [0.3, 0.4) is 0 Å². The average molecular weight is 430 g/mol. The lowest BCUT2D eigenvalue weighted by Gasteiger charge is -2.09. The highest BCUT2D eigenvalue weighted by Crippen LogP contribution is 2.18. The summed E-state index contributed by atoms with van der Waals surface area (Å²) >= 11 is 3.32. The number of rotatable bonds is 9. The van der Waals surface area contributed by atoms with Gasteiger partial charge in [0.25, 0.3) is 5.91 Å². The molecule has 0 aliphatic carbocycles. The van der Waals surface area contributed by atoms with Gasteiger partial charge in [0.2, 0.25) is 5.91 Å². The molecule has 0 aliphatic rings. The van der Waals surface area contributed by atoms with E-state index in [1.807, 2.05) is 0 Å². The first-order valence-corrected chi connectivity index (χ1v) is 9.31. The van der Waals surface area contributed by atoms with Gasteiger partial charge in [0.1, 0.15) is 5.75 Å². The number of carbonyl (C=O) groups excluding carboxylic acids is 2. The first kappa shape index (κ1) is 20.5. The lowest BCUT2D eigenvalue weighted by molar-refractivity contribution is -0.116. The first-order chi connectivity index (χ1) is 13.1. The van der Waals surface area contributed by atoms with Crippen molar-refractivity contribution < 1.29 is 14.3 Å². The molecule has 0 saturated heterocycles. The minimum Gasteiger partial charge on any atom is -0.493 e. The van der Waals surface area contributed by atoms with Crippen LogP contribution in [0.1, 0.15) is 29.6 Å². The number of unbranched alkanes of at least 4 members (excludes halogenated alkanes) is 1. The molecule has 0 heterocycles. The zero-order valence-electron chi connectivity index (χ0n) is 14.7. The molecule has 0 atom stereocenters. The van der Waals surface area contributed by atoms with Crippen molar-refractivity contribution in [1.29, 1.82) is 5.26 Å². The van der Waals surface area contributed by atoms with Crippen LogP contribution < -0.4 is 15.4 Å². The van der Waals surface area contributed by atoms with E-state index in [4.69, 9.17) is 10.00 Å². The molecule has 0 fully saturated rings. The molecular weight excluding hydrogens is 410 g/mol. The Balaban J connectivity index is 1.74.